The Labute approximate surface area is 179 Å². The molecule has 0 saturated carbocycles. The van der Waals surface area contributed by atoms with Gasteiger partial charge in [-0.1, -0.05) is 97.1 Å². The molecule has 3 heteroatoms. The topological polar surface area (TPSA) is 38.9 Å². The quantitative estimate of drug-likeness (QED) is 0.312. The van der Waals surface area contributed by atoms with Crippen molar-refractivity contribution in [2.24, 2.45) is 0 Å². The monoisotopic (exact) mass is 398 g/mol. The molecule has 0 saturated heterocycles. The molecule has 6 rings (SSSR count). The SMILES string of the molecule is c1ccc(-c2cccc(-c3nc(-c4ccccc4)nc4oc5ccccc5c34)c2)cc1. The van der Waals surface area contributed by atoms with Crippen LogP contribution in [-0.2, 0) is 0 Å². The smallest absolute Gasteiger partial charge is 0.231 e. The Balaban J connectivity index is 1.65. The van der Waals surface area contributed by atoms with E-state index in [2.05, 4.69) is 54.6 Å². The van der Waals surface area contributed by atoms with Gasteiger partial charge in [0.2, 0.25) is 5.71 Å². The first-order valence-electron chi connectivity index (χ1n) is 10.3. The van der Waals surface area contributed by atoms with Crippen LogP contribution >= 0.6 is 0 Å². The molecule has 0 aliphatic heterocycles. The number of hydrogen-bond acceptors (Lipinski definition) is 3. The van der Waals surface area contributed by atoms with Crippen molar-refractivity contribution in [3.8, 4) is 33.8 Å². The fraction of sp³-hybridized carbons (Fsp3) is 0. The van der Waals surface area contributed by atoms with E-state index in [1.54, 1.807) is 0 Å². The zero-order chi connectivity index (χ0) is 20.6. The summed E-state index contributed by atoms with van der Waals surface area (Å²) < 4.78 is 6.14. The van der Waals surface area contributed by atoms with Crippen molar-refractivity contribution in [1.29, 1.82) is 0 Å². The van der Waals surface area contributed by atoms with Gasteiger partial charge in [0.15, 0.2) is 5.82 Å². The summed E-state index contributed by atoms with van der Waals surface area (Å²) in [7, 11) is 0. The van der Waals surface area contributed by atoms with Gasteiger partial charge in [0.1, 0.15) is 5.58 Å². The van der Waals surface area contributed by atoms with Gasteiger partial charge in [0, 0.05) is 16.5 Å². The third-order valence-electron chi connectivity index (χ3n) is 5.51. The number of furan rings is 1. The first kappa shape index (κ1) is 17.6. The number of fused-ring (bicyclic) bond motifs is 3. The highest BCUT2D eigenvalue weighted by atomic mass is 16.3. The molecule has 0 spiro atoms. The Morgan fingerprint density at radius 2 is 1.16 bits per heavy atom. The number of aromatic nitrogens is 2. The van der Waals surface area contributed by atoms with E-state index in [9.17, 15) is 0 Å². The summed E-state index contributed by atoms with van der Waals surface area (Å²) in [5.41, 5.74) is 6.64. The van der Waals surface area contributed by atoms with Crippen LogP contribution < -0.4 is 0 Å². The van der Waals surface area contributed by atoms with Gasteiger partial charge in [0.25, 0.3) is 0 Å². The van der Waals surface area contributed by atoms with Gasteiger partial charge in [-0.2, -0.15) is 4.98 Å². The van der Waals surface area contributed by atoms with Gasteiger partial charge in [0.05, 0.1) is 11.1 Å². The maximum absolute atomic E-state index is 6.14. The molecule has 0 atom stereocenters. The Kier molecular flexibility index (Phi) is 4.10. The van der Waals surface area contributed by atoms with E-state index in [-0.39, 0.29) is 0 Å². The number of benzene rings is 4. The van der Waals surface area contributed by atoms with Crippen molar-refractivity contribution in [2.45, 2.75) is 0 Å². The third kappa shape index (κ3) is 3.08. The zero-order valence-electron chi connectivity index (χ0n) is 16.7. The maximum atomic E-state index is 6.14. The molecule has 3 nitrogen and oxygen atoms in total. The second kappa shape index (κ2) is 7.22. The van der Waals surface area contributed by atoms with E-state index in [0.717, 1.165) is 38.7 Å². The second-order valence-electron chi connectivity index (χ2n) is 7.49. The molecule has 0 unspecified atom stereocenters. The van der Waals surface area contributed by atoms with Crippen LogP contribution in [0.1, 0.15) is 0 Å². The molecule has 0 N–H and O–H groups in total. The predicted molar refractivity (Wildman–Crippen MR) is 126 cm³/mol. The number of nitrogens with zero attached hydrogens (tertiary/aromatic N) is 2. The van der Waals surface area contributed by atoms with Gasteiger partial charge in [-0.25, -0.2) is 4.98 Å². The van der Waals surface area contributed by atoms with Crippen LogP contribution in [0.5, 0.6) is 0 Å². The lowest BCUT2D eigenvalue weighted by Gasteiger charge is -2.09. The van der Waals surface area contributed by atoms with Crippen LogP contribution in [-0.4, -0.2) is 9.97 Å². The largest absolute Gasteiger partial charge is 0.438 e. The number of para-hydroxylation sites is 1. The van der Waals surface area contributed by atoms with Crippen LogP contribution in [0.2, 0.25) is 0 Å². The molecule has 0 aliphatic rings. The molecule has 2 heterocycles. The fourth-order valence-corrected chi connectivity index (χ4v) is 4.02. The van der Waals surface area contributed by atoms with Crippen molar-refractivity contribution in [3.05, 3.63) is 109 Å². The molecule has 2 aromatic heterocycles. The summed E-state index contributed by atoms with van der Waals surface area (Å²) >= 11 is 0. The van der Waals surface area contributed by atoms with Crippen LogP contribution in [0.3, 0.4) is 0 Å². The van der Waals surface area contributed by atoms with Crippen molar-refractivity contribution >= 4 is 22.1 Å². The lowest BCUT2D eigenvalue weighted by atomic mass is 9.99. The van der Waals surface area contributed by atoms with E-state index in [0.29, 0.717) is 11.5 Å². The van der Waals surface area contributed by atoms with E-state index in [4.69, 9.17) is 14.4 Å². The first-order valence-corrected chi connectivity index (χ1v) is 10.3. The van der Waals surface area contributed by atoms with Gasteiger partial charge < -0.3 is 4.42 Å². The second-order valence-corrected chi connectivity index (χ2v) is 7.49. The van der Waals surface area contributed by atoms with E-state index in [1.807, 2.05) is 54.6 Å². The van der Waals surface area contributed by atoms with Gasteiger partial charge in [-0.15, -0.1) is 0 Å². The van der Waals surface area contributed by atoms with Gasteiger partial charge >= 0.3 is 0 Å². The molecule has 0 amide bonds. The molecule has 0 fully saturated rings. The van der Waals surface area contributed by atoms with Crippen molar-refractivity contribution in [1.82, 2.24) is 9.97 Å². The average molecular weight is 398 g/mol. The normalized spacial score (nSPS) is 11.2. The minimum atomic E-state index is 0.607. The molecule has 4 aromatic carbocycles. The Morgan fingerprint density at radius 3 is 1.97 bits per heavy atom. The lowest BCUT2D eigenvalue weighted by molar-refractivity contribution is 0.653. The van der Waals surface area contributed by atoms with Crippen LogP contribution in [0, 0.1) is 0 Å². The zero-order valence-corrected chi connectivity index (χ0v) is 16.7. The highest BCUT2D eigenvalue weighted by Gasteiger charge is 2.18. The fourth-order valence-electron chi connectivity index (χ4n) is 4.02. The Morgan fingerprint density at radius 1 is 0.516 bits per heavy atom. The summed E-state index contributed by atoms with van der Waals surface area (Å²) in [6.45, 7) is 0. The number of rotatable bonds is 3. The van der Waals surface area contributed by atoms with Crippen LogP contribution in [0.4, 0.5) is 0 Å². The van der Waals surface area contributed by atoms with E-state index >= 15 is 0 Å². The highest BCUT2D eigenvalue weighted by Crippen LogP contribution is 2.37. The minimum absolute atomic E-state index is 0.607. The minimum Gasteiger partial charge on any atom is -0.438 e. The van der Waals surface area contributed by atoms with Gasteiger partial charge in [-0.3, -0.25) is 0 Å². The maximum Gasteiger partial charge on any atom is 0.231 e. The first-order chi connectivity index (χ1) is 15.4. The van der Waals surface area contributed by atoms with Gasteiger partial charge in [-0.05, 0) is 23.3 Å². The number of hydrogen-bond donors (Lipinski definition) is 0. The standard InChI is InChI=1S/C28H18N2O/c1-3-10-19(11-4-1)21-14-9-15-22(18-21)26-25-23-16-7-8-17-24(23)31-28(25)30-27(29-26)20-12-5-2-6-13-20/h1-18H. The Hall–Kier alpha value is -4.24. The molecule has 0 aliphatic carbocycles. The Bertz CT molecular complexity index is 1520. The van der Waals surface area contributed by atoms with Crippen molar-refractivity contribution in [2.75, 3.05) is 0 Å². The average Bonchev–Trinajstić information content (AvgIpc) is 3.23. The summed E-state index contributed by atoms with van der Waals surface area (Å²) in [6, 6.07) is 37.0. The van der Waals surface area contributed by atoms with Crippen LogP contribution in [0.15, 0.2) is 114 Å². The van der Waals surface area contributed by atoms with Crippen LogP contribution in [0.25, 0.3) is 55.8 Å². The highest BCUT2D eigenvalue weighted by molar-refractivity contribution is 6.10. The van der Waals surface area contributed by atoms with E-state index in [1.165, 1.54) is 5.56 Å². The van der Waals surface area contributed by atoms with E-state index < -0.39 is 0 Å². The summed E-state index contributed by atoms with van der Waals surface area (Å²) in [6.07, 6.45) is 0. The summed E-state index contributed by atoms with van der Waals surface area (Å²) in [5, 5.41) is 1.97. The third-order valence-corrected chi connectivity index (χ3v) is 5.51. The predicted octanol–water partition coefficient (Wildman–Crippen LogP) is 7.38. The molecule has 146 valence electrons. The summed E-state index contributed by atoms with van der Waals surface area (Å²) in [5.74, 6) is 0.660. The molecule has 0 bridgehead atoms. The van der Waals surface area contributed by atoms with Crippen molar-refractivity contribution < 1.29 is 4.42 Å². The lowest BCUT2D eigenvalue weighted by Crippen LogP contribution is -1.94. The molecular formula is C28H18N2O. The molecule has 6 aromatic rings. The summed E-state index contributed by atoms with van der Waals surface area (Å²) in [4.78, 5) is 9.80. The molecule has 31 heavy (non-hydrogen) atoms. The molecule has 0 radical (unpaired) electrons. The van der Waals surface area contributed by atoms with Crippen molar-refractivity contribution in [3.63, 3.8) is 0 Å². The molecular weight excluding hydrogens is 380 g/mol.